The van der Waals surface area contributed by atoms with Crippen LogP contribution >= 0.6 is 0 Å². The molecule has 0 unspecified atom stereocenters. The normalized spacial score (nSPS) is 20.2. The van der Waals surface area contributed by atoms with Gasteiger partial charge in [-0.2, -0.15) is 0 Å². The van der Waals surface area contributed by atoms with Crippen molar-refractivity contribution in [2.75, 3.05) is 25.4 Å². The summed E-state index contributed by atoms with van der Waals surface area (Å²) in [6, 6.07) is 12.4. The molecular weight excluding hydrogens is 357 g/mol. The Kier molecular flexibility index (Phi) is 6.19. The van der Waals surface area contributed by atoms with Gasteiger partial charge in [0.2, 0.25) is 0 Å². The molecule has 5 nitrogen and oxygen atoms in total. The smallest absolute Gasteiger partial charge is 0.260 e. The van der Waals surface area contributed by atoms with Crippen molar-refractivity contribution >= 4 is 11.6 Å². The number of ether oxygens (including phenoxy) is 1. The molecule has 2 N–H and O–H groups in total. The van der Waals surface area contributed by atoms with Crippen molar-refractivity contribution < 1.29 is 13.9 Å². The van der Waals surface area contributed by atoms with Gasteiger partial charge in [0.15, 0.2) is 6.61 Å². The maximum absolute atomic E-state index is 13.1. The number of nitrogen functional groups attached to an aromatic ring is 1. The topological polar surface area (TPSA) is 58.8 Å². The monoisotopic (exact) mass is 385 g/mol. The van der Waals surface area contributed by atoms with Crippen molar-refractivity contribution in [1.29, 1.82) is 0 Å². The number of nitrogens with zero attached hydrogens (tertiary/aromatic N) is 2. The summed E-state index contributed by atoms with van der Waals surface area (Å²) in [5, 5.41) is 0. The average molecular weight is 385 g/mol. The highest BCUT2D eigenvalue weighted by Gasteiger charge is 2.32. The number of carbonyl (C=O) groups excluding carboxylic acids is 1. The molecule has 0 aromatic heterocycles. The van der Waals surface area contributed by atoms with E-state index in [0.29, 0.717) is 18.0 Å². The van der Waals surface area contributed by atoms with Crippen LogP contribution < -0.4 is 10.5 Å². The van der Waals surface area contributed by atoms with Crippen molar-refractivity contribution in [1.82, 2.24) is 9.80 Å². The second-order valence-corrected chi connectivity index (χ2v) is 7.63. The zero-order chi connectivity index (χ0) is 20.3. The Morgan fingerprint density at radius 2 is 1.86 bits per heavy atom. The predicted molar refractivity (Wildman–Crippen MR) is 109 cm³/mol. The van der Waals surface area contributed by atoms with Crippen LogP contribution in [0.15, 0.2) is 42.5 Å². The lowest BCUT2D eigenvalue weighted by Crippen LogP contribution is -2.58. The van der Waals surface area contributed by atoms with E-state index in [1.54, 1.807) is 6.07 Å². The van der Waals surface area contributed by atoms with Gasteiger partial charge in [-0.1, -0.05) is 18.2 Å². The van der Waals surface area contributed by atoms with Gasteiger partial charge in [0.1, 0.15) is 11.6 Å². The second-order valence-electron chi connectivity index (χ2n) is 7.63. The van der Waals surface area contributed by atoms with E-state index in [0.717, 1.165) is 24.2 Å². The van der Waals surface area contributed by atoms with Crippen LogP contribution in [0.2, 0.25) is 0 Å². The van der Waals surface area contributed by atoms with Crippen molar-refractivity contribution in [2.24, 2.45) is 0 Å². The number of amides is 1. The number of hydrogen-bond donors (Lipinski definition) is 1. The zero-order valence-electron chi connectivity index (χ0n) is 16.7. The van der Waals surface area contributed by atoms with Gasteiger partial charge in [0, 0.05) is 31.7 Å². The molecule has 0 radical (unpaired) electrons. The van der Waals surface area contributed by atoms with Gasteiger partial charge in [0.05, 0.1) is 5.69 Å². The Balaban J connectivity index is 1.57. The Morgan fingerprint density at radius 1 is 1.14 bits per heavy atom. The molecule has 0 spiro atoms. The summed E-state index contributed by atoms with van der Waals surface area (Å²) in [5.41, 5.74) is 8.56. The Morgan fingerprint density at radius 3 is 2.57 bits per heavy atom. The van der Waals surface area contributed by atoms with Crippen molar-refractivity contribution in [3.05, 3.63) is 59.4 Å². The highest BCUT2D eigenvalue weighted by Crippen LogP contribution is 2.23. The van der Waals surface area contributed by atoms with E-state index in [4.69, 9.17) is 10.5 Å². The number of anilines is 1. The van der Waals surface area contributed by atoms with E-state index in [1.807, 2.05) is 43.0 Å². The molecule has 0 bridgehead atoms. The fourth-order valence-corrected chi connectivity index (χ4v) is 3.58. The molecule has 28 heavy (non-hydrogen) atoms. The molecule has 1 fully saturated rings. The number of hydrogen-bond acceptors (Lipinski definition) is 4. The van der Waals surface area contributed by atoms with E-state index in [-0.39, 0.29) is 30.4 Å². The van der Waals surface area contributed by atoms with Gasteiger partial charge >= 0.3 is 0 Å². The SMILES string of the molecule is Cc1ccc(N)c(OCC(=O)N2C[C@@H](C)N(Cc3ccc(F)cc3)C[C@@H]2C)c1. The van der Waals surface area contributed by atoms with Gasteiger partial charge in [0.25, 0.3) is 5.91 Å². The molecule has 0 saturated carbocycles. The van der Waals surface area contributed by atoms with Crippen LogP contribution in [0.3, 0.4) is 0 Å². The predicted octanol–water partition coefficient (Wildman–Crippen LogP) is 3.22. The third-order valence-corrected chi connectivity index (χ3v) is 5.25. The molecule has 1 aliphatic heterocycles. The molecule has 2 aromatic rings. The van der Waals surface area contributed by atoms with Gasteiger partial charge in [-0.3, -0.25) is 9.69 Å². The lowest BCUT2D eigenvalue weighted by atomic mass is 10.1. The van der Waals surface area contributed by atoms with Gasteiger partial charge < -0.3 is 15.4 Å². The highest BCUT2D eigenvalue weighted by atomic mass is 19.1. The number of aryl methyl sites for hydroxylation is 1. The van der Waals surface area contributed by atoms with Crippen LogP contribution in [0.1, 0.15) is 25.0 Å². The lowest BCUT2D eigenvalue weighted by Gasteiger charge is -2.44. The summed E-state index contributed by atoms with van der Waals surface area (Å²) < 4.78 is 18.8. The minimum Gasteiger partial charge on any atom is -0.482 e. The first-order valence-corrected chi connectivity index (χ1v) is 9.60. The average Bonchev–Trinajstić information content (AvgIpc) is 2.66. The largest absolute Gasteiger partial charge is 0.482 e. The summed E-state index contributed by atoms with van der Waals surface area (Å²) in [6.07, 6.45) is 0. The summed E-state index contributed by atoms with van der Waals surface area (Å²) in [7, 11) is 0. The molecule has 2 atom stereocenters. The number of benzene rings is 2. The van der Waals surface area contributed by atoms with Crippen LogP contribution in [-0.2, 0) is 11.3 Å². The molecule has 1 amide bonds. The highest BCUT2D eigenvalue weighted by molar-refractivity contribution is 5.78. The Labute approximate surface area is 165 Å². The van der Waals surface area contributed by atoms with Crippen molar-refractivity contribution in [3.63, 3.8) is 0 Å². The van der Waals surface area contributed by atoms with Crippen LogP contribution in [0, 0.1) is 12.7 Å². The molecule has 6 heteroatoms. The number of piperazine rings is 1. The van der Waals surface area contributed by atoms with Gasteiger partial charge in [-0.25, -0.2) is 4.39 Å². The number of carbonyl (C=O) groups is 1. The van der Waals surface area contributed by atoms with E-state index in [2.05, 4.69) is 11.8 Å². The second kappa shape index (κ2) is 8.61. The lowest BCUT2D eigenvalue weighted by molar-refractivity contribution is -0.139. The third kappa shape index (κ3) is 4.81. The molecule has 3 rings (SSSR count). The number of nitrogens with two attached hydrogens (primary N) is 1. The molecule has 2 aromatic carbocycles. The maximum atomic E-state index is 13.1. The first-order valence-electron chi connectivity index (χ1n) is 9.60. The van der Waals surface area contributed by atoms with Crippen LogP contribution in [-0.4, -0.2) is 47.5 Å². The molecule has 0 aliphatic carbocycles. The van der Waals surface area contributed by atoms with Crippen LogP contribution in [0.5, 0.6) is 5.75 Å². The minimum atomic E-state index is -0.227. The molecule has 1 saturated heterocycles. The van der Waals surface area contributed by atoms with E-state index >= 15 is 0 Å². The van der Waals surface area contributed by atoms with E-state index in [1.165, 1.54) is 12.1 Å². The van der Waals surface area contributed by atoms with Crippen molar-refractivity contribution in [2.45, 2.75) is 39.4 Å². The molecule has 1 aliphatic rings. The minimum absolute atomic E-state index is 0.0251. The number of halogens is 1. The zero-order valence-corrected chi connectivity index (χ0v) is 16.7. The molecular formula is C22H28FN3O2. The standard InChI is InChI=1S/C22H28FN3O2/c1-15-4-9-20(24)21(10-15)28-14-22(27)26-12-16(2)25(11-17(26)3)13-18-5-7-19(23)8-6-18/h4-10,16-17H,11-14,24H2,1-3H3/t16-,17+/m1/s1. The van der Waals surface area contributed by atoms with Gasteiger partial charge in [-0.15, -0.1) is 0 Å². The summed E-state index contributed by atoms with van der Waals surface area (Å²) in [4.78, 5) is 16.9. The van der Waals surface area contributed by atoms with E-state index < -0.39 is 0 Å². The Bertz CT molecular complexity index is 825. The van der Waals surface area contributed by atoms with Crippen LogP contribution in [0.4, 0.5) is 10.1 Å². The quantitative estimate of drug-likeness (QED) is 0.803. The first kappa shape index (κ1) is 20.1. The maximum Gasteiger partial charge on any atom is 0.260 e. The fourth-order valence-electron chi connectivity index (χ4n) is 3.58. The van der Waals surface area contributed by atoms with Crippen molar-refractivity contribution in [3.8, 4) is 5.75 Å². The summed E-state index contributed by atoms with van der Waals surface area (Å²) in [6.45, 7) is 8.22. The van der Waals surface area contributed by atoms with Crippen LogP contribution in [0.25, 0.3) is 0 Å². The Hall–Kier alpha value is -2.60. The first-order chi connectivity index (χ1) is 13.3. The van der Waals surface area contributed by atoms with E-state index in [9.17, 15) is 9.18 Å². The summed E-state index contributed by atoms with van der Waals surface area (Å²) >= 11 is 0. The third-order valence-electron chi connectivity index (χ3n) is 5.25. The fraction of sp³-hybridized carbons (Fsp3) is 0.409. The summed E-state index contributed by atoms with van der Waals surface area (Å²) in [5.74, 6) is 0.278. The molecule has 150 valence electrons. The molecule has 1 heterocycles. The number of rotatable bonds is 5. The van der Waals surface area contributed by atoms with Gasteiger partial charge in [-0.05, 0) is 56.2 Å².